The van der Waals surface area contributed by atoms with E-state index in [1.807, 2.05) is 6.07 Å². The lowest BCUT2D eigenvalue weighted by Crippen LogP contribution is -2.25. The Labute approximate surface area is 139 Å². The first kappa shape index (κ1) is 17.3. The van der Waals surface area contributed by atoms with Crippen LogP contribution >= 0.6 is 0 Å². The van der Waals surface area contributed by atoms with Crippen molar-refractivity contribution in [3.8, 4) is 5.75 Å². The Morgan fingerprint density at radius 3 is 2.78 bits per heavy atom. The minimum atomic E-state index is 0.166. The van der Waals surface area contributed by atoms with Crippen LogP contribution < -0.4 is 10.1 Å². The van der Waals surface area contributed by atoms with Crippen molar-refractivity contribution in [1.29, 1.82) is 0 Å². The minimum absolute atomic E-state index is 0.166. The third kappa shape index (κ3) is 5.27. The van der Waals surface area contributed by atoms with Gasteiger partial charge in [0.15, 0.2) is 0 Å². The summed E-state index contributed by atoms with van der Waals surface area (Å²) in [6.07, 6.45) is 6.03. The number of carbonyl (C=O) groups excluding carboxylic acids is 1. The molecule has 124 valence electrons. The summed E-state index contributed by atoms with van der Waals surface area (Å²) >= 11 is 0. The quantitative estimate of drug-likeness (QED) is 0.693. The number of benzene rings is 2. The third-order valence-corrected chi connectivity index (χ3v) is 4.15. The first-order chi connectivity index (χ1) is 11.2. The van der Waals surface area contributed by atoms with Crippen molar-refractivity contribution in [2.24, 2.45) is 0 Å². The van der Waals surface area contributed by atoms with Gasteiger partial charge in [-0.05, 0) is 41.3 Å². The van der Waals surface area contributed by atoms with Crippen LogP contribution in [0.4, 0.5) is 0 Å². The first-order valence-electron chi connectivity index (χ1n) is 8.57. The smallest absolute Gasteiger partial charge is 0.220 e. The minimum Gasteiger partial charge on any atom is -0.497 e. The van der Waals surface area contributed by atoms with Crippen LogP contribution in [0.25, 0.3) is 10.8 Å². The molecule has 0 bridgehead atoms. The molecule has 1 N–H and O–H groups in total. The van der Waals surface area contributed by atoms with Gasteiger partial charge in [0.2, 0.25) is 5.91 Å². The summed E-state index contributed by atoms with van der Waals surface area (Å²) in [5.41, 5.74) is 1.24. The molecule has 0 aliphatic carbocycles. The number of fused-ring (bicyclic) bond motifs is 1. The number of methoxy groups -OCH3 is 1. The lowest BCUT2D eigenvalue weighted by atomic mass is 10.0. The first-order valence-corrected chi connectivity index (χ1v) is 8.57. The maximum atomic E-state index is 11.8. The Balaban J connectivity index is 1.88. The number of carbonyl (C=O) groups is 1. The van der Waals surface area contributed by atoms with E-state index in [4.69, 9.17) is 4.74 Å². The van der Waals surface area contributed by atoms with Gasteiger partial charge < -0.3 is 10.1 Å². The van der Waals surface area contributed by atoms with Gasteiger partial charge in [-0.25, -0.2) is 0 Å². The molecule has 2 rings (SSSR count). The van der Waals surface area contributed by atoms with Crippen molar-refractivity contribution < 1.29 is 9.53 Å². The molecule has 23 heavy (non-hydrogen) atoms. The molecule has 0 aliphatic rings. The average Bonchev–Trinajstić information content (AvgIpc) is 2.58. The van der Waals surface area contributed by atoms with Gasteiger partial charge >= 0.3 is 0 Å². The largest absolute Gasteiger partial charge is 0.497 e. The zero-order valence-electron chi connectivity index (χ0n) is 14.2. The summed E-state index contributed by atoms with van der Waals surface area (Å²) in [5, 5.41) is 5.43. The molecule has 2 aromatic carbocycles. The maximum absolute atomic E-state index is 11.8. The highest BCUT2D eigenvalue weighted by molar-refractivity contribution is 5.87. The fourth-order valence-electron chi connectivity index (χ4n) is 2.80. The normalized spacial score (nSPS) is 10.7. The predicted molar refractivity (Wildman–Crippen MR) is 96.0 cm³/mol. The number of amides is 1. The molecule has 0 saturated carbocycles. The summed E-state index contributed by atoms with van der Waals surface area (Å²) in [6, 6.07) is 12.4. The maximum Gasteiger partial charge on any atom is 0.220 e. The van der Waals surface area contributed by atoms with E-state index in [-0.39, 0.29) is 5.91 Å². The topological polar surface area (TPSA) is 38.3 Å². The molecule has 0 atom stereocenters. The van der Waals surface area contributed by atoms with Gasteiger partial charge in [-0.1, -0.05) is 50.5 Å². The summed E-state index contributed by atoms with van der Waals surface area (Å²) < 4.78 is 5.31. The highest BCUT2D eigenvalue weighted by Crippen LogP contribution is 2.24. The molecule has 0 aromatic heterocycles. The van der Waals surface area contributed by atoms with Gasteiger partial charge in [0.1, 0.15) is 5.75 Å². The molecule has 0 radical (unpaired) electrons. The zero-order valence-corrected chi connectivity index (χ0v) is 14.2. The SMILES string of the molecule is CCCCCCC(=O)NCCc1cccc2ccc(OC)cc12. The lowest BCUT2D eigenvalue weighted by molar-refractivity contribution is -0.121. The van der Waals surface area contributed by atoms with Gasteiger partial charge in [0.05, 0.1) is 7.11 Å². The molecule has 0 heterocycles. The van der Waals surface area contributed by atoms with E-state index in [2.05, 4.69) is 42.6 Å². The van der Waals surface area contributed by atoms with Crippen molar-refractivity contribution in [3.63, 3.8) is 0 Å². The Kier molecular flexibility index (Phi) is 6.92. The Bertz CT molecular complexity index is 637. The molecule has 3 nitrogen and oxygen atoms in total. The lowest BCUT2D eigenvalue weighted by Gasteiger charge is -2.09. The Morgan fingerprint density at radius 2 is 2.00 bits per heavy atom. The van der Waals surface area contributed by atoms with Crippen LogP contribution in [-0.2, 0) is 11.2 Å². The second kappa shape index (κ2) is 9.19. The number of rotatable bonds is 9. The molecule has 0 spiro atoms. The highest BCUT2D eigenvalue weighted by Gasteiger charge is 2.04. The van der Waals surface area contributed by atoms with E-state index < -0.39 is 0 Å². The molecule has 0 unspecified atom stereocenters. The van der Waals surface area contributed by atoms with Gasteiger partial charge in [-0.15, -0.1) is 0 Å². The van der Waals surface area contributed by atoms with E-state index in [1.165, 1.54) is 29.2 Å². The zero-order chi connectivity index (χ0) is 16.5. The number of unbranched alkanes of at least 4 members (excludes halogenated alkanes) is 3. The van der Waals surface area contributed by atoms with Gasteiger partial charge in [0.25, 0.3) is 0 Å². The summed E-state index contributed by atoms with van der Waals surface area (Å²) in [4.78, 5) is 11.8. The van der Waals surface area contributed by atoms with Crippen LogP contribution in [0, 0.1) is 0 Å². The molecule has 0 saturated heterocycles. The number of nitrogens with one attached hydrogen (secondary N) is 1. The summed E-state index contributed by atoms with van der Waals surface area (Å²) in [6.45, 7) is 2.86. The average molecular weight is 313 g/mol. The second-order valence-corrected chi connectivity index (χ2v) is 5.91. The number of ether oxygens (including phenoxy) is 1. The van der Waals surface area contributed by atoms with Crippen LogP contribution in [0.1, 0.15) is 44.6 Å². The number of hydrogen-bond donors (Lipinski definition) is 1. The molecule has 1 amide bonds. The van der Waals surface area contributed by atoms with E-state index in [0.29, 0.717) is 13.0 Å². The van der Waals surface area contributed by atoms with Crippen LogP contribution in [-0.4, -0.2) is 19.6 Å². The van der Waals surface area contributed by atoms with E-state index in [1.54, 1.807) is 7.11 Å². The van der Waals surface area contributed by atoms with Crippen molar-refractivity contribution in [1.82, 2.24) is 5.32 Å². The van der Waals surface area contributed by atoms with Gasteiger partial charge in [-0.2, -0.15) is 0 Å². The molecular weight excluding hydrogens is 286 g/mol. The molecular formula is C20H27NO2. The van der Waals surface area contributed by atoms with Crippen LogP contribution in [0.15, 0.2) is 36.4 Å². The van der Waals surface area contributed by atoms with Crippen molar-refractivity contribution in [2.75, 3.05) is 13.7 Å². The van der Waals surface area contributed by atoms with Gasteiger partial charge in [-0.3, -0.25) is 4.79 Å². The third-order valence-electron chi connectivity index (χ3n) is 4.15. The molecule has 0 fully saturated rings. The molecule has 0 aliphatic heterocycles. The van der Waals surface area contributed by atoms with Crippen LogP contribution in [0.5, 0.6) is 5.75 Å². The fraction of sp³-hybridized carbons (Fsp3) is 0.450. The standard InChI is InChI=1S/C20H27NO2/c1-3-4-5-6-10-20(22)21-14-13-17-9-7-8-16-11-12-18(23-2)15-19(16)17/h7-9,11-12,15H,3-6,10,13-14H2,1-2H3,(H,21,22). The van der Waals surface area contributed by atoms with Gasteiger partial charge in [0, 0.05) is 13.0 Å². The fourth-order valence-corrected chi connectivity index (χ4v) is 2.80. The van der Waals surface area contributed by atoms with Crippen molar-refractivity contribution in [2.45, 2.75) is 45.4 Å². The molecule has 3 heteroatoms. The second-order valence-electron chi connectivity index (χ2n) is 5.91. The van der Waals surface area contributed by atoms with E-state index >= 15 is 0 Å². The van der Waals surface area contributed by atoms with Crippen LogP contribution in [0.3, 0.4) is 0 Å². The van der Waals surface area contributed by atoms with Crippen molar-refractivity contribution in [3.05, 3.63) is 42.0 Å². The summed E-state index contributed by atoms with van der Waals surface area (Å²) in [5.74, 6) is 1.03. The highest BCUT2D eigenvalue weighted by atomic mass is 16.5. The van der Waals surface area contributed by atoms with Crippen LogP contribution in [0.2, 0.25) is 0 Å². The summed E-state index contributed by atoms with van der Waals surface area (Å²) in [7, 11) is 1.68. The Morgan fingerprint density at radius 1 is 1.13 bits per heavy atom. The van der Waals surface area contributed by atoms with Crippen molar-refractivity contribution >= 4 is 16.7 Å². The molecule has 2 aromatic rings. The monoisotopic (exact) mass is 313 g/mol. The number of hydrogen-bond acceptors (Lipinski definition) is 2. The van der Waals surface area contributed by atoms with E-state index in [0.717, 1.165) is 25.0 Å². The predicted octanol–water partition coefficient (Wildman–Crippen LogP) is 4.48. The van der Waals surface area contributed by atoms with E-state index in [9.17, 15) is 4.79 Å². The Hall–Kier alpha value is -2.03.